The fraction of sp³-hybridized carbons (Fsp3) is 0.292. The standard InChI is InChI=1S/C24H26N2O5S/c1-5-31-19-7-6-17(13-20(19)30-4)14-21-23(28)26(24(29)32-21)9-8-25-22(27)18-11-15(2)10-16(3)12-18/h6-7,10-14H,5,8-9H2,1-4H3,(H,25,27)/b21-14-. The number of hydrogen-bond donors (Lipinski definition) is 1. The Morgan fingerprint density at radius 2 is 1.81 bits per heavy atom. The number of methoxy groups -OCH3 is 1. The third-order valence-corrected chi connectivity index (χ3v) is 5.67. The summed E-state index contributed by atoms with van der Waals surface area (Å²) in [7, 11) is 1.54. The van der Waals surface area contributed by atoms with Gasteiger partial charge in [0.25, 0.3) is 17.1 Å². The minimum Gasteiger partial charge on any atom is -0.493 e. The number of thioether (sulfide) groups is 1. The number of carbonyl (C=O) groups excluding carboxylic acids is 3. The highest BCUT2D eigenvalue weighted by molar-refractivity contribution is 8.18. The normalized spacial score (nSPS) is 14.8. The number of aryl methyl sites for hydroxylation is 2. The molecule has 0 spiro atoms. The lowest BCUT2D eigenvalue weighted by Gasteiger charge is -2.13. The van der Waals surface area contributed by atoms with E-state index in [0.717, 1.165) is 33.4 Å². The highest BCUT2D eigenvalue weighted by atomic mass is 32.2. The molecule has 1 N–H and O–H groups in total. The highest BCUT2D eigenvalue weighted by Gasteiger charge is 2.34. The Balaban J connectivity index is 1.64. The number of amides is 3. The van der Waals surface area contributed by atoms with Gasteiger partial charge in [-0.15, -0.1) is 0 Å². The van der Waals surface area contributed by atoms with Gasteiger partial charge in [-0.05, 0) is 68.4 Å². The number of imide groups is 1. The molecule has 8 heteroatoms. The lowest BCUT2D eigenvalue weighted by Crippen LogP contribution is -2.37. The van der Waals surface area contributed by atoms with E-state index in [4.69, 9.17) is 9.47 Å². The van der Waals surface area contributed by atoms with Crippen molar-refractivity contribution in [3.8, 4) is 11.5 Å². The highest BCUT2D eigenvalue weighted by Crippen LogP contribution is 2.34. The molecule has 32 heavy (non-hydrogen) atoms. The first-order valence-corrected chi connectivity index (χ1v) is 11.1. The first-order chi connectivity index (χ1) is 15.3. The molecule has 0 aliphatic carbocycles. The minimum atomic E-state index is -0.381. The summed E-state index contributed by atoms with van der Waals surface area (Å²) in [5.41, 5.74) is 3.27. The van der Waals surface area contributed by atoms with Crippen LogP contribution in [0.4, 0.5) is 4.79 Å². The van der Waals surface area contributed by atoms with Crippen LogP contribution in [0, 0.1) is 13.8 Å². The van der Waals surface area contributed by atoms with Crippen LogP contribution in [0.1, 0.15) is 34.0 Å². The van der Waals surface area contributed by atoms with Crippen LogP contribution in [0.5, 0.6) is 11.5 Å². The monoisotopic (exact) mass is 454 g/mol. The second-order valence-corrected chi connectivity index (χ2v) is 8.30. The number of carbonyl (C=O) groups is 3. The number of benzene rings is 2. The molecular formula is C24H26N2O5S. The first kappa shape index (κ1) is 23.4. The topological polar surface area (TPSA) is 84.9 Å². The maximum atomic E-state index is 12.7. The van der Waals surface area contributed by atoms with Gasteiger partial charge in [0.15, 0.2) is 11.5 Å². The molecule has 1 aliphatic heterocycles. The van der Waals surface area contributed by atoms with Gasteiger partial charge in [-0.1, -0.05) is 23.3 Å². The summed E-state index contributed by atoms with van der Waals surface area (Å²) in [5.74, 6) is 0.544. The number of hydrogen-bond acceptors (Lipinski definition) is 6. The average Bonchev–Trinajstić information content (AvgIpc) is 3.01. The summed E-state index contributed by atoms with van der Waals surface area (Å²) in [5, 5.41) is 2.41. The number of nitrogens with one attached hydrogen (secondary N) is 1. The van der Waals surface area contributed by atoms with Gasteiger partial charge >= 0.3 is 0 Å². The summed E-state index contributed by atoms with van der Waals surface area (Å²) < 4.78 is 10.8. The van der Waals surface area contributed by atoms with E-state index in [1.807, 2.05) is 26.8 Å². The van der Waals surface area contributed by atoms with Crippen molar-refractivity contribution in [3.63, 3.8) is 0 Å². The van der Waals surface area contributed by atoms with E-state index in [9.17, 15) is 14.4 Å². The Bertz CT molecular complexity index is 1060. The van der Waals surface area contributed by atoms with E-state index in [1.165, 1.54) is 0 Å². The van der Waals surface area contributed by atoms with Crippen LogP contribution < -0.4 is 14.8 Å². The predicted octanol–water partition coefficient (Wildman–Crippen LogP) is 4.18. The molecule has 0 unspecified atom stereocenters. The van der Waals surface area contributed by atoms with E-state index >= 15 is 0 Å². The van der Waals surface area contributed by atoms with Crippen molar-refractivity contribution in [1.29, 1.82) is 0 Å². The summed E-state index contributed by atoms with van der Waals surface area (Å²) >= 11 is 0.877. The molecule has 0 atom stereocenters. The fourth-order valence-electron chi connectivity index (χ4n) is 3.38. The van der Waals surface area contributed by atoms with Gasteiger partial charge in [-0.25, -0.2) is 0 Å². The van der Waals surface area contributed by atoms with Crippen LogP contribution in [-0.2, 0) is 4.79 Å². The maximum absolute atomic E-state index is 12.7. The quantitative estimate of drug-likeness (QED) is 0.603. The maximum Gasteiger partial charge on any atom is 0.293 e. The van der Waals surface area contributed by atoms with Crippen molar-refractivity contribution in [1.82, 2.24) is 10.2 Å². The van der Waals surface area contributed by atoms with Crippen molar-refractivity contribution in [3.05, 3.63) is 63.6 Å². The molecule has 0 radical (unpaired) electrons. The molecular weight excluding hydrogens is 428 g/mol. The van der Waals surface area contributed by atoms with Crippen molar-refractivity contribution >= 4 is 34.9 Å². The molecule has 1 saturated heterocycles. The molecule has 2 aromatic carbocycles. The third-order valence-electron chi connectivity index (χ3n) is 4.76. The molecule has 3 rings (SSSR count). The van der Waals surface area contributed by atoms with Crippen LogP contribution in [-0.4, -0.2) is 48.8 Å². The van der Waals surface area contributed by atoms with Gasteiger partial charge in [0.05, 0.1) is 18.6 Å². The largest absolute Gasteiger partial charge is 0.493 e. The second kappa shape index (κ2) is 10.4. The van der Waals surface area contributed by atoms with Crippen LogP contribution in [0.25, 0.3) is 6.08 Å². The zero-order valence-electron chi connectivity index (χ0n) is 18.6. The zero-order chi connectivity index (χ0) is 23.3. The Morgan fingerprint density at radius 1 is 1.09 bits per heavy atom. The molecule has 1 fully saturated rings. The van der Waals surface area contributed by atoms with E-state index in [2.05, 4.69) is 5.32 Å². The second-order valence-electron chi connectivity index (χ2n) is 7.31. The van der Waals surface area contributed by atoms with E-state index in [0.29, 0.717) is 28.6 Å². The Morgan fingerprint density at radius 3 is 2.47 bits per heavy atom. The van der Waals surface area contributed by atoms with Crippen LogP contribution in [0.2, 0.25) is 0 Å². The molecule has 2 aromatic rings. The summed E-state index contributed by atoms with van der Waals surface area (Å²) in [6.07, 6.45) is 1.65. The van der Waals surface area contributed by atoms with Crippen molar-refractivity contribution in [2.75, 3.05) is 26.8 Å². The SMILES string of the molecule is CCOc1ccc(/C=C2\SC(=O)N(CCNC(=O)c3cc(C)cc(C)c3)C2=O)cc1OC. The molecule has 168 valence electrons. The third kappa shape index (κ3) is 5.50. The lowest BCUT2D eigenvalue weighted by molar-refractivity contribution is -0.122. The van der Waals surface area contributed by atoms with Gasteiger partial charge in [-0.2, -0.15) is 0 Å². The van der Waals surface area contributed by atoms with Gasteiger partial charge in [0.2, 0.25) is 0 Å². The molecule has 0 bridgehead atoms. The van der Waals surface area contributed by atoms with Crippen LogP contribution in [0.3, 0.4) is 0 Å². The Labute approximate surface area is 191 Å². The Hall–Kier alpha value is -3.26. The van der Waals surface area contributed by atoms with Gasteiger partial charge in [0, 0.05) is 18.7 Å². The Kier molecular flexibility index (Phi) is 7.58. The molecule has 0 saturated carbocycles. The van der Waals surface area contributed by atoms with Crippen LogP contribution >= 0.6 is 11.8 Å². The molecule has 1 heterocycles. The molecule has 0 aromatic heterocycles. The van der Waals surface area contributed by atoms with Crippen molar-refractivity contribution < 1.29 is 23.9 Å². The molecule has 3 amide bonds. The molecule has 7 nitrogen and oxygen atoms in total. The number of ether oxygens (including phenoxy) is 2. The van der Waals surface area contributed by atoms with Crippen molar-refractivity contribution in [2.45, 2.75) is 20.8 Å². The number of nitrogens with zero attached hydrogens (tertiary/aromatic N) is 1. The number of rotatable bonds is 8. The van der Waals surface area contributed by atoms with E-state index < -0.39 is 0 Å². The zero-order valence-corrected chi connectivity index (χ0v) is 19.4. The molecule has 1 aliphatic rings. The fourth-order valence-corrected chi connectivity index (χ4v) is 4.25. The van der Waals surface area contributed by atoms with Crippen LogP contribution in [0.15, 0.2) is 41.3 Å². The van der Waals surface area contributed by atoms with E-state index in [1.54, 1.807) is 43.5 Å². The smallest absolute Gasteiger partial charge is 0.293 e. The summed E-state index contributed by atoms with van der Waals surface area (Å²) in [4.78, 5) is 38.9. The summed E-state index contributed by atoms with van der Waals surface area (Å²) in [6, 6.07) is 10.9. The van der Waals surface area contributed by atoms with Gasteiger partial charge in [0.1, 0.15) is 0 Å². The predicted molar refractivity (Wildman–Crippen MR) is 125 cm³/mol. The average molecular weight is 455 g/mol. The lowest BCUT2D eigenvalue weighted by atomic mass is 10.1. The first-order valence-electron chi connectivity index (χ1n) is 10.2. The van der Waals surface area contributed by atoms with E-state index in [-0.39, 0.29) is 30.1 Å². The minimum absolute atomic E-state index is 0.102. The van der Waals surface area contributed by atoms with Gasteiger partial charge < -0.3 is 14.8 Å². The van der Waals surface area contributed by atoms with Crippen molar-refractivity contribution in [2.24, 2.45) is 0 Å². The summed E-state index contributed by atoms with van der Waals surface area (Å²) in [6.45, 7) is 6.52. The van der Waals surface area contributed by atoms with Gasteiger partial charge in [-0.3, -0.25) is 19.3 Å².